The molecule has 0 atom stereocenters. The van der Waals surface area contributed by atoms with Crippen LogP contribution in [0.3, 0.4) is 0 Å². The molecular weight excluding hydrogens is 383 g/mol. The number of amides is 2. The third-order valence-corrected chi connectivity index (χ3v) is 4.81. The zero-order chi connectivity index (χ0) is 21.5. The van der Waals surface area contributed by atoms with Gasteiger partial charge in [-0.2, -0.15) is 0 Å². The minimum Gasteiger partial charge on any atom is -0.461 e. The van der Waals surface area contributed by atoms with Crippen molar-refractivity contribution in [2.45, 2.75) is 33.2 Å². The smallest absolute Gasteiger partial charge is 0.224 e. The minimum absolute atomic E-state index is 0.0140. The van der Waals surface area contributed by atoms with Crippen LogP contribution in [-0.2, 0) is 22.6 Å². The topological polar surface area (TPSA) is 62.6 Å². The third-order valence-electron chi connectivity index (χ3n) is 4.81. The van der Waals surface area contributed by atoms with E-state index in [-0.39, 0.29) is 24.1 Å². The predicted octanol–water partition coefficient (Wildman–Crippen LogP) is 5.03. The summed E-state index contributed by atoms with van der Waals surface area (Å²) in [6, 6.07) is 17.3. The SMILES string of the molecule is CCN(Cc1cccc(NC(=O)CCc2ccc(-c3ccccc3F)o2)c1)C(C)=O. The molecule has 1 aromatic heterocycles. The summed E-state index contributed by atoms with van der Waals surface area (Å²) in [7, 11) is 0. The van der Waals surface area contributed by atoms with E-state index in [2.05, 4.69) is 5.32 Å². The van der Waals surface area contributed by atoms with E-state index in [1.165, 1.54) is 6.07 Å². The summed E-state index contributed by atoms with van der Waals surface area (Å²) in [6.07, 6.45) is 0.650. The number of furan rings is 1. The Morgan fingerprint density at radius 1 is 1.07 bits per heavy atom. The van der Waals surface area contributed by atoms with E-state index in [0.29, 0.717) is 42.3 Å². The highest BCUT2D eigenvalue weighted by molar-refractivity contribution is 5.90. The predicted molar refractivity (Wildman–Crippen MR) is 114 cm³/mol. The third kappa shape index (κ3) is 5.56. The van der Waals surface area contributed by atoms with Gasteiger partial charge >= 0.3 is 0 Å². The second-order valence-electron chi connectivity index (χ2n) is 7.03. The van der Waals surface area contributed by atoms with E-state index in [9.17, 15) is 14.0 Å². The van der Waals surface area contributed by atoms with Gasteiger partial charge in [-0.25, -0.2) is 4.39 Å². The molecule has 2 aromatic carbocycles. The Morgan fingerprint density at radius 2 is 1.87 bits per heavy atom. The Bertz CT molecular complexity index is 1030. The molecule has 0 spiro atoms. The molecule has 0 fully saturated rings. The van der Waals surface area contributed by atoms with Crippen LogP contribution >= 0.6 is 0 Å². The Hall–Kier alpha value is -3.41. The summed E-state index contributed by atoms with van der Waals surface area (Å²) in [5, 5.41) is 2.88. The lowest BCUT2D eigenvalue weighted by molar-refractivity contribution is -0.129. The summed E-state index contributed by atoms with van der Waals surface area (Å²) in [4.78, 5) is 25.7. The molecule has 6 heteroatoms. The van der Waals surface area contributed by atoms with Crippen LogP contribution in [0, 0.1) is 5.82 Å². The number of carbonyl (C=O) groups is 2. The van der Waals surface area contributed by atoms with Gasteiger partial charge in [0.05, 0.1) is 5.56 Å². The largest absolute Gasteiger partial charge is 0.461 e. The standard InChI is InChI=1S/C24H25FN2O3/c1-3-27(17(2)28)16-18-7-6-8-19(15-18)26-24(29)14-12-20-11-13-23(30-20)21-9-4-5-10-22(21)25/h4-11,13,15H,3,12,14,16H2,1-2H3,(H,26,29). The molecule has 3 aromatic rings. The van der Waals surface area contributed by atoms with Gasteiger partial charge in [-0.15, -0.1) is 0 Å². The molecular formula is C24H25FN2O3. The van der Waals surface area contributed by atoms with E-state index < -0.39 is 0 Å². The number of hydrogen-bond acceptors (Lipinski definition) is 3. The monoisotopic (exact) mass is 408 g/mol. The van der Waals surface area contributed by atoms with Gasteiger partial charge in [0.1, 0.15) is 17.3 Å². The lowest BCUT2D eigenvalue weighted by atomic mass is 10.1. The van der Waals surface area contributed by atoms with Crippen molar-refractivity contribution >= 4 is 17.5 Å². The zero-order valence-electron chi connectivity index (χ0n) is 17.2. The van der Waals surface area contributed by atoms with Gasteiger partial charge in [-0.05, 0) is 48.9 Å². The summed E-state index contributed by atoms with van der Waals surface area (Å²) < 4.78 is 19.6. The highest BCUT2D eigenvalue weighted by Crippen LogP contribution is 2.25. The lowest BCUT2D eigenvalue weighted by Gasteiger charge is -2.19. The first-order valence-corrected chi connectivity index (χ1v) is 9.94. The number of nitrogens with one attached hydrogen (secondary N) is 1. The van der Waals surface area contributed by atoms with Gasteiger partial charge < -0.3 is 14.6 Å². The Morgan fingerprint density at radius 3 is 2.60 bits per heavy atom. The average Bonchev–Trinajstić information content (AvgIpc) is 3.20. The Labute approximate surface area is 175 Å². The summed E-state index contributed by atoms with van der Waals surface area (Å²) in [5.41, 5.74) is 2.03. The van der Waals surface area contributed by atoms with Crippen molar-refractivity contribution in [3.8, 4) is 11.3 Å². The quantitative estimate of drug-likeness (QED) is 0.569. The molecule has 1 N–H and O–H groups in total. The first kappa shape index (κ1) is 21.3. The molecule has 30 heavy (non-hydrogen) atoms. The molecule has 0 aliphatic carbocycles. The molecule has 0 aliphatic heterocycles. The fourth-order valence-electron chi connectivity index (χ4n) is 3.19. The highest BCUT2D eigenvalue weighted by atomic mass is 19.1. The van der Waals surface area contributed by atoms with E-state index in [4.69, 9.17) is 4.42 Å². The fourth-order valence-corrected chi connectivity index (χ4v) is 3.19. The number of nitrogens with zero attached hydrogens (tertiary/aromatic N) is 1. The summed E-state index contributed by atoms with van der Waals surface area (Å²) >= 11 is 0. The number of aryl methyl sites for hydroxylation is 1. The van der Waals surface area contributed by atoms with E-state index in [1.807, 2.05) is 31.2 Å². The maximum atomic E-state index is 13.9. The molecule has 0 saturated carbocycles. The summed E-state index contributed by atoms with van der Waals surface area (Å²) in [5.74, 6) is 0.594. The Balaban J connectivity index is 1.56. The molecule has 3 rings (SSSR count). The molecule has 1 heterocycles. The lowest BCUT2D eigenvalue weighted by Crippen LogP contribution is -2.27. The van der Waals surface area contributed by atoms with Gasteiger partial charge in [0, 0.05) is 38.5 Å². The average molecular weight is 408 g/mol. The molecule has 0 aliphatic rings. The van der Waals surface area contributed by atoms with Crippen LogP contribution in [0.4, 0.5) is 10.1 Å². The molecule has 0 unspecified atom stereocenters. The number of hydrogen-bond donors (Lipinski definition) is 1. The summed E-state index contributed by atoms with van der Waals surface area (Å²) in [6.45, 7) is 4.60. The second kappa shape index (κ2) is 9.87. The van der Waals surface area contributed by atoms with Crippen LogP contribution in [0.2, 0.25) is 0 Å². The van der Waals surface area contributed by atoms with Crippen LogP contribution in [0.5, 0.6) is 0 Å². The van der Waals surface area contributed by atoms with Crippen LogP contribution in [0.15, 0.2) is 65.1 Å². The van der Waals surface area contributed by atoms with Gasteiger partial charge in [-0.1, -0.05) is 24.3 Å². The van der Waals surface area contributed by atoms with Crippen LogP contribution in [0.1, 0.15) is 31.6 Å². The molecule has 0 radical (unpaired) electrons. The van der Waals surface area contributed by atoms with E-state index in [0.717, 1.165) is 5.56 Å². The zero-order valence-corrected chi connectivity index (χ0v) is 17.2. The number of benzene rings is 2. The van der Waals surface area contributed by atoms with Crippen molar-refractivity contribution < 1.29 is 18.4 Å². The van der Waals surface area contributed by atoms with Gasteiger partial charge in [0.25, 0.3) is 0 Å². The van der Waals surface area contributed by atoms with Gasteiger partial charge in [-0.3, -0.25) is 9.59 Å². The van der Waals surface area contributed by atoms with Crippen molar-refractivity contribution in [3.63, 3.8) is 0 Å². The molecule has 156 valence electrons. The highest BCUT2D eigenvalue weighted by Gasteiger charge is 2.11. The first-order chi connectivity index (χ1) is 14.5. The number of anilines is 1. The minimum atomic E-state index is -0.345. The fraction of sp³-hybridized carbons (Fsp3) is 0.250. The van der Waals surface area contributed by atoms with Crippen LogP contribution < -0.4 is 5.32 Å². The molecule has 5 nitrogen and oxygen atoms in total. The first-order valence-electron chi connectivity index (χ1n) is 9.94. The van der Waals surface area contributed by atoms with Gasteiger partial charge in [0.2, 0.25) is 11.8 Å². The number of carbonyl (C=O) groups excluding carboxylic acids is 2. The number of halogens is 1. The molecule has 0 saturated heterocycles. The molecule has 0 bridgehead atoms. The van der Waals surface area contributed by atoms with Crippen molar-refractivity contribution in [2.75, 3.05) is 11.9 Å². The van der Waals surface area contributed by atoms with Crippen LogP contribution in [-0.4, -0.2) is 23.3 Å². The number of rotatable bonds is 8. The van der Waals surface area contributed by atoms with Crippen molar-refractivity contribution in [2.24, 2.45) is 0 Å². The maximum Gasteiger partial charge on any atom is 0.224 e. The van der Waals surface area contributed by atoms with Crippen LogP contribution in [0.25, 0.3) is 11.3 Å². The maximum absolute atomic E-state index is 13.9. The normalized spacial score (nSPS) is 10.6. The van der Waals surface area contributed by atoms with Gasteiger partial charge in [0.15, 0.2) is 0 Å². The van der Waals surface area contributed by atoms with Crippen molar-refractivity contribution in [1.29, 1.82) is 0 Å². The second-order valence-corrected chi connectivity index (χ2v) is 7.03. The molecule has 2 amide bonds. The van der Waals surface area contributed by atoms with E-state index in [1.54, 1.807) is 42.2 Å². The van der Waals surface area contributed by atoms with Crippen molar-refractivity contribution in [1.82, 2.24) is 4.90 Å². The van der Waals surface area contributed by atoms with Crippen molar-refractivity contribution in [3.05, 3.63) is 77.8 Å². The van der Waals surface area contributed by atoms with E-state index >= 15 is 0 Å². The Kier molecular flexibility index (Phi) is 7.01.